The zero-order chi connectivity index (χ0) is 19.4. The molecule has 154 valence electrons. The van der Waals surface area contributed by atoms with Crippen molar-refractivity contribution in [2.75, 3.05) is 53.1 Å². The van der Waals surface area contributed by atoms with Crippen LogP contribution in [0.5, 0.6) is 0 Å². The minimum Gasteiger partial charge on any atom is -0.386 e. The first-order chi connectivity index (χ1) is 12.1. The number of aliphatic hydroxyl groups is 2. The third kappa shape index (κ3) is 5.88. The summed E-state index contributed by atoms with van der Waals surface area (Å²) in [5.41, 5.74) is -1.72. The maximum atomic E-state index is 10.9. The van der Waals surface area contributed by atoms with Crippen LogP contribution < -0.4 is 0 Å². The number of hydrogen-bond donors (Lipinski definition) is 2. The lowest BCUT2D eigenvalue weighted by Gasteiger charge is -2.47. The van der Waals surface area contributed by atoms with Crippen molar-refractivity contribution in [1.82, 2.24) is 9.80 Å². The van der Waals surface area contributed by atoms with Crippen molar-refractivity contribution in [1.29, 1.82) is 0 Å². The highest BCUT2D eigenvalue weighted by Gasteiger charge is 2.40. The molecule has 0 aromatic carbocycles. The Balaban J connectivity index is 1.85. The third-order valence-electron chi connectivity index (χ3n) is 5.97. The molecule has 6 heteroatoms. The number of hydrogen-bond acceptors (Lipinski definition) is 6. The second kappa shape index (κ2) is 8.84. The van der Waals surface area contributed by atoms with Gasteiger partial charge >= 0.3 is 0 Å². The van der Waals surface area contributed by atoms with Crippen LogP contribution in [0.15, 0.2) is 0 Å². The first-order valence-corrected chi connectivity index (χ1v) is 10.1. The topological polar surface area (TPSA) is 65.4 Å². The van der Waals surface area contributed by atoms with Gasteiger partial charge in [0.15, 0.2) is 0 Å². The first kappa shape index (κ1) is 22.1. The van der Waals surface area contributed by atoms with Crippen LogP contribution in [0.3, 0.4) is 0 Å². The van der Waals surface area contributed by atoms with Crippen LogP contribution in [0, 0.1) is 0 Å². The summed E-state index contributed by atoms with van der Waals surface area (Å²) in [6.07, 6.45) is 3.54. The molecule has 0 bridgehead atoms. The molecule has 2 fully saturated rings. The van der Waals surface area contributed by atoms with E-state index in [4.69, 9.17) is 9.47 Å². The Bertz CT molecular complexity index is 442. The van der Waals surface area contributed by atoms with E-state index >= 15 is 0 Å². The lowest BCUT2D eigenvalue weighted by atomic mass is 9.89. The Morgan fingerprint density at radius 3 is 2.23 bits per heavy atom. The molecule has 2 heterocycles. The van der Waals surface area contributed by atoms with Crippen molar-refractivity contribution in [2.45, 2.75) is 76.2 Å². The summed E-state index contributed by atoms with van der Waals surface area (Å²) in [6.45, 7) is 13.2. The number of nitrogens with zero attached hydrogens (tertiary/aromatic N) is 2. The van der Waals surface area contributed by atoms with Gasteiger partial charge in [0.05, 0.1) is 19.8 Å². The highest BCUT2D eigenvalue weighted by molar-refractivity contribution is 4.94. The Kier molecular flexibility index (Phi) is 7.50. The fourth-order valence-electron chi connectivity index (χ4n) is 4.30. The van der Waals surface area contributed by atoms with E-state index in [2.05, 4.69) is 37.5 Å². The fourth-order valence-corrected chi connectivity index (χ4v) is 4.30. The summed E-state index contributed by atoms with van der Waals surface area (Å²) >= 11 is 0. The summed E-state index contributed by atoms with van der Waals surface area (Å²) in [5, 5.41) is 21.6. The van der Waals surface area contributed by atoms with Crippen molar-refractivity contribution in [3.05, 3.63) is 0 Å². The quantitative estimate of drug-likeness (QED) is 0.673. The van der Waals surface area contributed by atoms with E-state index in [1.165, 1.54) is 0 Å². The number of ether oxygens (including phenoxy) is 2. The normalized spacial score (nSPS) is 32.3. The molecule has 2 saturated heterocycles. The van der Waals surface area contributed by atoms with E-state index in [9.17, 15) is 10.2 Å². The average Bonchev–Trinajstić information content (AvgIpc) is 2.54. The molecule has 0 saturated carbocycles. The van der Waals surface area contributed by atoms with Crippen molar-refractivity contribution in [3.63, 3.8) is 0 Å². The van der Waals surface area contributed by atoms with E-state index in [0.29, 0.717) is 39.0 Å². The Hall–Kier alpha value is -0.240. The van der Waals surface area contributed by atoms with Gasteiger partial charge in [0.2, 0.25) is 0 Å². The SMILES string of the molecule is COCC1(O)CCCN(C(C)(C)COC[C@]2(O)CCCN(C(C)C)C2)C1. The standard InChI is InChI=1S/C20H40N2O4/c1-17(2)21-10-6-8-19(23,12-21)16-26-14-18(3,4)22-11-7-9-20(24,13-22)15-25-5/h17,23-24H,6-16H2,1-5H3/t19-,20?/m0/s1. The minimum atomic E-state index is -0.774. The van der Waals surface area contributed by atoms with E-state index in [1.54, 1.807) is 7.11 Å². The van der Waals surface area contributed by atoms with Gasteiger partial charge in [0, 0.05) is 31.8 Å². The molecule has 0 spiro atoms. The lowest BCUT2D eigenvalue weighted by Crippen LogP contribution is -2.59. The molecule has 26 heavy (non-hydrogen) atoms. The van der Waals surface area contributed by atoms with Crippen molar-refractivity contribution in [3.8, 4) is 0 Å². The molecular formula is C20H40N2O4. The van der Waals surface area contributed by atoms with E-state index in [1.807, 2.05) is 0 Å². The summed E-state index contributed by atoms with van der Waals surface area (Å²) in [4.78, 5) is 4.62. The lowest BCUT2D eigenvalue weighted by molar-refractivity contribution is -0.128. The van der Waals surface area contributed by atoms with Gasteiger partial charge in [-0.2, -0.15) is 0 Å². The monoisotopic (exact) mass is 372 g/mol. The van der Waals surface area contributed by atoms with Gasteiger partial charge in [-0.15, -0.1) is 0 Å². The molecule has 1 unspecified atom stereocenters. The van der Waals surface area contributed by atoms with Crippen LogP contribution in [0.1, 0.15) is 53.4 Å². The van der Waals surface area contributed by atoms with Crippen molar-refractivity contribution in [2.24, 2.45) is 0 Å². The van der Waals surface area contributed by atoms with Crippen molar-refractivity contribution >= 4 is 0 Å². The number of rotatable bonds is 8. The van der Waals surface area contributed by atoms with Gasteiger partial charge in [-0.25, -0.2) is 0 Å². The minimum absolute atomic E-state index is 0.190. The maximum Gasteiger partial charge on any atom is 0.101 e. The summed E-state index contributed by atoms with van der Waals surface area (Å²) in [6, 6.07) is 0.449. The van der Waals surface area contributed by atoms with Crippen LogP contribution in [0.4, 0.5) is 0 Å². The van der Waals surface area contributed by atoms with Crippen molar-refractivity contribution < 1.29 is 19.7 Å². The predicted molar refractivity (Wildman–Crippen MR) is 103 cm³/mol. The number of piperidine rings is 2. The van der Waals surface area contributed by atoms with Gasteiger partial charge in [0.1, 0.15) is 11.2 Å². The molecule has 2 rings (SSSR count). The highest BCUT2D eigenvalue weighted by Crippen LogP contribution is 2.28. The molecular weight excluding hydrogens is 332 g/mol. The fraction of sp³-hybridized carbons (Fsp3) is 1.00. The molecule has 0 aromatic heterocycles. The molecule has 2 N–H and O–H groups in total. The highest BCUT2D eigenvalue weighted by atomic mass is 16.5. The van der Waals surface area contributed by atoms with E-state index in [0.717, 1.165) is 38.8 Å². The Morgan fingerprint density at radius 2 is 1.62 bits per heavy atom. The van der Waals surface area contributed by atoms with Gasteiger partial charge < -0.3 is 19.7 Å². The maximum absolute atomic E-state index is 10.9. The zero-order valence-corrected chi connectivity index (χ0v) is 17.5. The predicted octanol–water partition coefficient (Wildman–Crippen LogP) is 1.49. The number of likely N-dealkylation sites (tertiary alicyclic amines) is 2. The van der Waals surface area contributed by atoms with Gasteiger partial charge in [-0.3, -0.25) is 9.80 Å². The number of methoxy groups -OCH3 is 1. The molecule has 2 atom stereocenters. The molecule has 2 aliphatic heterocycles. The van der Waals surface area contributed by atoms with E-state index < -0.39 is 11.2 Å². The molecule has 0 amide bonds. The second-order valence-electron chi connectivity index (χ2n) is 9.38. The van der Waals surface area contributed by atoms with Crippen LogP contribution in [-0.2, 0) is 9.47 Å². The molecule has 0 aliphatic carbocycles. The van der Waals surface area contributed by atoms with Gasteiger partial charge in [-0.1, -0.05) is 0 Å². The average molecular weight is 373 g/mol. The van der Waals surface area contributed by atoms with Crippen LogP contribution in [0.25, 0.3) is 0 Å². The molecule has 0 aromatic rings. The molecule has 6 nitrogen and oxygen atoms in total. The van der Waals surface area contributed by atoms with E-state index in [-0.39, 0.29) is 5.54 Å². The van der Waals surface area contributed by atoms with Crippen LogP contribution >= 0.6 is 0 Å². The summed E-state index contributed by atoms with van der Waals surface area (Å²) < 4.78 is 11.2. The largest absolute Gasteiger partial charge is 0.386 e. The second-order valence-corrected chi connectivity index (χ2v) is 9.38. The Labute approximate surface area is 159 Å². The molecule has 2 aliphatic rings. The third-order valence-corrected chi connectivity index (χ3v) is 5.97. The smallest absolute Gasteiger partial charge is 0.101 e. The zero-order valence-electron chi connectivity index (χ0n) is 17.5. The van der Waals surface area contributed by atoms with Gasteiger partial charge in [-0.05, 0) is 66.5 Å². The summed E-state index contributed by atoms with van der Waals surface area (Å²) in [5.74, 6) is 0. The Morgan fingerprint density at radius 1 is 1.00 bits per heavy atom. The van der Waals surface area contributed by atoms with Crippen LogP contribution in [0.2, 0.25) is 0 Å². The first-order valence-electron chi connectivity index (χ1n) is 10.1. The molecule has 0 radical (unpaired) electrons. The summed E-state index contributed by atoms with van der Waals surface area (Å²) in [7, 11) is 1.64. The van der Waals surface area contributed by atoms with Crippen LogP contribution in [-0.4, -0.2) is 95.9 Å². The van der Waals surface area contributed by atoms with Gasteiger partial charge in [0.25, 0.3) is 0 Å². The number of β-amino-alcohol motifs (C(OH)–C–C–N with tert-alkyl or cyclic N) is 2.